The van der Waals surface area contributed by atoms with Gasteiger partial charge in [0.05, 0.1) is 18.4 Å². The summed E-state index contributed by atoms with van der Waals surface area (Å²) in [6.07, 6.45) is 2.36. The lowest BCUT2D eigenvalue weighted by Crippen LogP contribution is -2.30. The van der Waals surface area contributed by atoms with Crippen molar-refractivity contribution in [2.75, 3.05) is 30.0 Å². The average Bonchev–Trinajstić information content (AvgIpc) is 3.50. The number of thioether (sulfide) groups is 1. The minimum absolute atomic E-state index is 0.0570. The molecule has 4 aromatic carbocycles. The second-order valence-corrected chi connectivity index (χ2v) is 13.9. The molecule has 51 heavy (non-hydrogen) atoms. The van der Waals surface area contributed by atoms with Crippen LogP contribution in [0.2, 0.25) is 0 Å². The van der Waals surface area contributed by atoms with Gasteiger partial charge in [0, 0.05) is 40.7 Å². The molecule has 3 amide bonds. The first-order valence-electron chi connectivity index (χ1n) is 16.3. The number of nitriles is 1. The summed E-state index contributed by atoms with van der Waals surface area (Å²) in [5, 5.41) is 19.1. The van der Waals surface area contributed by atoms with Crippen LogP contribution in [0.1, 0.15) is 37.5 Å². The van der Waals surface area contributed by atoms with Crippen molar-refractivity contribution in [2.24, 2.45) is 0 Å². The fraction of sp³-hybridized carbons (Fsp3) is 0.150. The highest BCUT2D eigenvalue weighted by atomic mass is 32.2. The van der Waals surface area contributed by atoms with Crippen LogP contribution >= 0.6 is 23.1 Å². The molecule has 11 heteroatoms. The van der Waals surface area contributed by atoms with Crippen LogP contribution in [0.15, 0.2) is 120 Å². The van der Waals surface area contributed by atoms with E-state index in [9.17, 15) is 19.6 Å². The summed E-state index contributed by atoms with van der Waals surface area (Å²) in [6, 6.07) is 35.5. The molecule has 0 fully saturated rings. The van der Waals surface area contributed by atoms with Crippen molar-refractivity contribution < 1.29 is 19.1 Å². The largest absolute Gasteiger partial charge is 0.497 e. The standard InChI is InChI=1S/C40H35N5O4S2/c1-49-31-17-15-27(16-18-31)21-35(43-38(47)29-11-6-3-7-12-29)39(48)42-30-13-8-14-32(22-30)50-26-37(46)44-40-34(23-41)33-19-20-45(25-36(33)51-40)24-28-9-4-2-5-10-28/h2-18,21-22H,19-20,24-26H2,1H3,(H,42,48)(H,43,47)(H,44,46)/b35-21+. The van der Waals surface area contributed by atoms with Gasteiger partial charge in [-0.2, -0.15) is 5.26 Å². The molecule has 0 aliphatic carbocycles. The highest BCUT2D eigenvalue weighted by molar-refractivity contribution is 8.00. The van der Waals surface area contributed by atoms with Gasteiger partial charge >= 0.3 is 0 Å². The summed E-state index contributed by atoms with van der Waals surface area (Å²) in [5.41, 5.74) is 4.48. The molecule has 3 N–H and O–H groups in total. The first-order chi connectivity index (χ1) is 24.9. The van der Waals surface area contributed by atoms with Crippen LogP contribution in [-0.4, -0.2) is 42.0 Å². The lowest BCUT2D eigenvalue weighted by atomic mass is 10.0. The Morgan fingerprint density at radius 2 is 1.69 bits per heavy atom. The van der Waals surface area contributed by atoms with Gasteiger partial charge in [-0.1, -0.05) is 66.7 Å². The molecule has 0 bridgehead atoms. The quantitative estimate of drug-likeness (QED) is 0.0914. The fourth-order valence-corrected chi connectivity index (χ4v) is 7.63. The van der Waals surface area contributed by atoms with E-state index >= 15 is 0 Å². The van der Waals surface area contributed by atoms with E-state index in [4.69, 9.17) is 4.74 Å². The van der Waals surface area contributed by atoms with E-state index in [1.54, 1.807) is 79.9 Å². The molecule has 0 atom stereocenters. The zero-order chi connectivity index (χ0) is 35.6. The van der Waals surface area contributed by atoms with Crippen LogP contribution in [-0.2, 0) is 29.1 Å². The molecule has 0 spiro atoms. The molecule has 1 aliphatic rings. The fourth-order valence-electron chi connectivity index (χ4n) is 5.62. The minimum atomic E-state index is -0.511. The number of nitrogens with zero attached hydrogens (tertiary/aromatic N) is 2. The number of anilines is 2. The van der Waals surface area contributed by atoms with E-state index in [0.717, 1.165) is 41.4 Å². The van der Waals surface area contributed by atoms with E-state index in [2.05, 4.69) is 39.1 Å². The molecule has 2 heterocycles. The minimum Gasteiger partial charge on any atom is -0.497 e. The topological polar surface area (TPSA) is 124 Å². The molecule has 0 unspecified atom stereocenters. The van der Waals surface area contributed by atoms with Crippen molar-refractivity contribution in [1.82, 2.24) is 10.2 Å². The van der Waals surface area contributed by atoms with Gasteiger partial charge in [-0.25, -0.2) is 0 Å². The van der Waals surface area contributed by atoms with Crippen molar-refractivity contribution in [3.8, 4) is 11.8 Å². The number of benzene rings is 4. The Hall–Kier alpha value is -5.67. The molecule has 5 aromatic rings. The number of carbonyl (C=O) groups is 3. The number of rotatable bonds is 12. The van der Waals surface area contributed by atoms with E-state index in [1.807, 2.05) is 30.3 Å². The van der Waals surface area contributed by atoms with Crippen molar-refractivity contribution in [3.05, 3.63) is 148 Å². The highest BCUT2D eigenvalue weighted by Crippen LogP contribution is 2.37. The third kappa shape index (κ3) is 9.32. The van der Waals surface area contributed by atoms with E-state index < -0.39 is 11.8 Å². The third-order valence-electron chi connectivity index (χ3n) is 8.17. The first-order valence-corrected chi connectivity index (χ1v) is 18.1. The summed E-state index contributed by atoms with van der Waals surface area (Å²) in [4.78, 5) is 43.9. The molecule has 0 saturated carbocycles. The molecular weight excluding hydrogens is 679 g/mol. The van der Waals surface area contributed by atoms with Crippen molar-refractivity contribution in [2.45, 2.75) is 24.4 Å². The van der Waals surface area contributed by atoms with Gasteiger partial charge in [-0.3, -0.25) is 19.3 Å². The van der Waals surface area contributed by atoms with E-state index in [-0.39, 0.29) is 17.4 Å². The number of ether oxygens (including phenoxy) is 1. The van der Waals surface area contributed by atoms with Crippen LogP contribution in [0.3, 0.4) is 0 Å². The predicted octanol–water partition coefficient (Wildman–Crippen LogP) is 7.33. The SMILES string of the molecule is COc1ccc(/C=C(/NC(=O)c2ccccc2)C(=O)Nc2cccc(SCC(=O)Nc3sc4c(c3C#N)CCN(Cc3ccccc3)C4)c2)cc1. The van der Waals surface area contributed by atoms with Crippen molar-refractivity contribution >= 4 is 57.6 Å². The summed E-state index contributed by atoms with van der Waals surface area (Å²) >= 11 is 2.79. The Morgan fingerprint density at radius 1 is 0.941 bits per heavy atom. The van der Waals surface area contributed by atoms with Gasteiger partial charge in [-0.05, 0) is 71.7 Å². The monoisotopic (exact) mass is 713 g/mol. The smallest absolute Gasteiger partial charge is 0.272 e. The molecule has 0 radical (unpaired) electrons. The number of nitrogens with one attached hydrogen (secondary N) is 3. The number of fused-ring (bicyclic) bond motifs is 1. The van der Waals surface area contributed by atoms with Gasteiger partial charge in [0.2, 0.25) is 5.91 Å². The second-order valence-electron chi connectivity index (χ2n) is 11.7. The predicted molar refractivity (Wildman–Crippen MR) is 203 cm³/mol. The first kappa shape index (κ1) is 35.2. The van der Waals surface area contributed by atoms with Crippen LogP contribution in [0, 0.1) is 11.3 Å². The Morgan fingerprint density at radius 3 is 2.41 bits per heavy atom. The normalized spacial score (nSPS) is 12.7. The lowest BCUT2D eigenvalue weighted by molar-refractivity contribution is -0.114. The maximum Gasteiger partial charge on any atom is 0.272 e. The van der Waals surface area contributed by atoms with Crippen LogP contribution in [0.4, 0.5) is 10.7 Å². The Labute approximate surface area is 305 Å². The summed E-state index contributed by atoms with van der Waals surface area (Å²) < 4.78 is 5.24. The molecule has 256 valence electrons. The van der Waals surface area contributed by atoms with Gasteiger partial charge in [-0.15, -0.1) is 23.1 Å². The third-order valence-corrected chi connectivity index (χ3v) is 10.3. The lowest BCUT2D eigenvalue weighted by Gasteiger charge is -2.26. The zero-order valence-electron chi connectivity index (χ0n) is 27.8. The number of methoxy groups -OCH3 is 1. The maximum absolute atomic E-state index is 13.5. The number of hydrogen-bond donors (Lipinski definition) is 3. The second kappa shape index (κ2) is 16.8. The Balaban J connectivity index is 1.09. The summed E-state index contributed by atoms with van der Waals surface area (Å²) in [6.45, 7) is 2.42. The van der Waals surface area contributed by atoms with Crippen molar-refractivity contribution in [3.63, 3.8) is 0 Å². The molecular formula is C40H35N5O4S2. The average molecular weight is 714 g/mol. The zero-order valence-corrected chi connectivity index (χ0v) is 29.5. The maximum atomic E-state index is 13.5. The van der Waals surface area contributed by atoms with Gasteiger partial charge < -0.3 is 20.7 Å². The molecule has 1 aliphatic heterocycles. The molecule has 0 saturated heterocycles. The number of thiophene rings is 1. The van der Waals surface area contributed by atoms with Crippen molar-refractivity contribution in [1.29, 1.82) is 5.26 Å². The molecule has 6 rings (SSSR count). The summed E-state index contributed by atoms with van der Waals surface area (Å²) in [5.74, 6) is -0.375. The van der Waals surface area contributed by atoms with E-state index in [0.29, 0.717) is 33.1 Å². The number of carbonyl (C=O) groups excluding carboxylic acids is 3. The van der Waals surface area contributed by atoms with Gasteiger partial charge in [0.1, 0.15) is 22.5 Å². The molecule has 1 aromatic heterocycles. The Kier molecular flexibility index (Phi) is 11.6. The van der Waals surface area contributed by atoms with Crippen LogP contribution in [0.5, 0.6) is 5.75 Å². The van der Waals surface area contributed by atoms with Gasteiger partial charge in [0.25, 0.3) is 11.8 Å². The molecule has 9 nitrogen and oxygen atoms in total. The van der Waals surface area contributed by atoms with Crippen LogP contribution in [0.25, 0.3) is 6.08 Å². The highest BCUT2D eigenvalue weighted by Gasteiger charge is 2.25. The van der Waals surface area contributed by atoms with Crippen LogP contribution < -0.4 is 20.7 Å². The van der Waals surface area contributed by atoms with Gasteiger partial charge in [0.15, 0.2) is 0 Å². The number of hydrogen-bond acceptors (Lipinski definition) is 8. The van der Waals surface area contributed by atoms with E-state index in [1.165, 1.54) is 28.7 Å². The summed E-state index contributed by atoms with van der Waals surface area (Å²) in [7, 11) is 1.57. The number of amides is 3. The Bertz CT molecular complexity index is 2090.